The highest BCUT2D eigenvalue weighted by molar-refractivity contribution is 6.03. The van der Waals surface area contributed by atoms with E-state index in [0.717, 1.165) is 10.9 Å². The van der Waals surface area contributed by atoms with Crippen molar-refractivity contribution in [3.8, 4) is 11.5 Å². The third kappa shape index (κ3) is 2.56. The first kappa shape index (κ1) is 13.9. The van der Waals surface area contributed by atoms with E-state index in [-0.39, 0.29) is 5.91 Å². The summed E-state index contributed by atoms with van der Waals surface area (Å²) in [5.74, 6) is 0.935. The van der Waals surface area contributed by atoms with Gasteiger partial charge in [0, 0.05) is 17.6 Å². The summed E-state index contributed by atoms with van der Waals surface area (Å²) in [5.41, 5.74) is 1.71. The van der Waals surface area contributed by atoms with Gasteiger partial charge in [-0.2, -0.15) is 5.10 Å². The van der Waals surface area contributed by atoms with Crippen molar-refractivity contribution in [3.63, 3.8) is 0 Å². The lowest BCUT2D eigenvalue weighted by molar-refractivity contribution is 0.102. The third-order valence-electron chi connectivity index (χ3n) is 3.19. The molecule has 0 unspecified atom stereocenters. The Bertz CT molecular complexity index is 815. The zero-order chi connectivity index (χ0) is 15.5. The van der Waals surface area contributed by atoms with Gasteiger partial charge in [-0.3, -0.25) is 14.9 Å². The predicted octanol–water partition coefficient (Wildman–Crippen LogP) is 2.23. The molecule has 22 heavy (non-hydrogen) atoms. The van der Waals surface area contributed by atoms with Crippen LogP contribution in [0, 0.1) is 0 Å². The summed E-state index contributed by atoms with van der Waals surface area (Å²) in [6.45, 7) is 0. The second-order valence-corrected chi connectivity index (χ2v) is 4.55. The average molecular weight is 298 g/mol. The summed E-state index contributed by atoms with van der Waals surface area (Å²) in [6.07, 6.45) is 3.10. The van der Waals surface area contributed by atoms with Gasteiger partial charge in [-0.05, 0) is 18.2 Å². The number of carbonyl (C=O) groups excluding carboxylic acids is 1. The number of hydrogen-bond donors (Lipinski definition) is 2. The highest BCUT2D eigenvalue weighted by Gasteiger charge is 2.10. The van der Waals surface area contributed by atoms with Gasteiger partial charge in [0.25, 0.3) is 5.91 Å². The first-order chi connectivity index (χ1) is 10.7. The van der Waals surface area contributed by atoms with Gasteiger partial charge >= 0.3 is 0 Å². The summed E-state index contributed by atoms with van der Waals surface area (Å²) in [7, 11) is 3.14. The zero-order valence-electron chi connectivity index (χ0n) is 12.1. The first-order valence-corrected chi connectivity index (χ1v) is 6.54. The van der Waals surface area contributed by atoms with E-state index in [1.807, 2.05) is 12.1 Å². The topological polar surface area (TPSA) is 89.1 Å². The molecule has 2 N–H and O–H groups in total. The Hall–Kier alpha value is -3.09. The van der Waals surface area contributed by atoms with Gasteiger partial charge < -0.3 is 14.8 Å². The van der Waals surface area contributed by atoms with Crippen LogP contribution >= 0.6 is 0 Å². The molecular formula is C15H14N4O3. The van der Waals surface area contributed by atoms with Crippen LogP contribution in [0.1, 0.15) is 10.5 Å². The second kappa shape index (κ2) is 5.72. The lowest BCUT2D eigenvalue weighted by Gasteiger charge is -2.10. The molecule has 112 valence electrons. The fraction of sp³-hybridized carbons (Fsp3) is 0.133. The van der Waals surface area contributed by atoms with Gasteiger partial charge in [-0.15, -0.1) is 0 Å². The molecule has 1 aromatic carbocycles. The first-order valence-electron chi connectivity index (χ1n) is 6.54. The van der Waals surface area contributed by atoms with Crippen molar-refractivity contribution >= 4 is 22.5 Å². The average Bonchev–Trinajstić information content (AvgIpc) is 3.08. The number of rotatable bonds is 4. The maximum Gasteiger partial charge on any atom is 0.273 e. The molecule has 2 heterocycles. The molecule has 1 amide bonds. The van der Waals surface area contributed by atoms with Crippen LogP contribution in [0.15, 0.2) is 36.7 Å². The Labute approximate surface area is 126 Å². The molecule has 0 saturated heterocycles. The van der Waals surface area contributed by atoms with E-state index in [1.54, 1.807) is 32.5 Å². The van der Waals surface area contributed by atoms with Crippen LogP contribution in [0.3, 0.4) is 0 Å². The molecule has 0 saturated carbocycles. The molecular weight excluding hydrogens is 284 g/mol. The maximum atomic E-state index is 12.0. The zero-order valence-corrected chi connectivity index (χ0v) is 12.1. The minimum atomic E-state index is -0.279. The number of aromatic amines is 1. The van der Waals surface area contributed by atoms with Crippen molar-refractivity contribution in [3.05, 3.63) is 42.4 Å². The number of pyridine rings is 1. The van der Waals surface area contributed by atoms with Gasteiger partial charge in [-0.25, -0.2) is 0 Å². The smallest absolute Gasteiger partial charge is 0.273 e. The monoisotopic (exact) mass is 298 g/mol. The van der Waals surface area contributed by atoms with E-state index in [4.69, 9.17) is 9.47 Å². The molecule has 7 nitrogen and oxygen atoms in total. The van der Waals surface area contributed by atoms with E-state index in [2.05, 4.69) is 20.5 Å². The van der Waals surface area contributed by atoms with Gasteiger partial charge in [0.2, 0.25) is 0 Å². The van der Waals surface area contributed by atoms with Crippen molar-refractivity contribution in [2.75, 3.05) is 19.5 Å². The number of carbonyl (C=O) groups is 1. The van der Waals surface area contributed by atoms with Gasteiger partial charge in [0.15, 0.2) is 11.5 Å². The molecule has 0 aliphatic rings. The van der Waals surface area contributed by atoms with Crippen LogP contribution in [0.25, 0.3) is 10.9 Å². The molecule has 0 fully saturated rings. The summed E-state index contributed by atoms with van der Waals surface area (Å²) in [4.78, 5) is 16.3. The van der Waals surface area contributed by atoms with Gasteiger partial charge in [0.1, 0.15) is 5.69 Å². The number of fused-ring (bicyclic) bond motifs is 1. The quantitative estimate of drug-likeness (QED) is 0.771. The van der Waals surface area contributed by atoms with E-state index in [9.17, 15) is 4.79 Å². The lowest BCUT2D eigenvalue weighted by atomic mass is 10.2. The number of H-pyrrole nitrogens is 1. The molecule has 3 aromatic rings. The van der Waals surface area contributed by atoms with E-state index >= 15 is 0 Å². The number of aromatic nitrogens is 3. The fourth-order valence-corrected chi connectivity index (χ4v) is 2.10. The second-order valence-electron chi connectivity index (χ2n) is 4.55. The molecule has 0 aliphatic heterocycles. The molecule has 0 bridgehead atoms. The summed E-state index contributed by atoms with van der Waals surface area (Å²) in [6, 6.07) is 7.01. The molecule has 0 spiro atoms. The highest BCUT2D eigenvalue weighted by Crippen LogP contribution is 2.32. The molecule has 0 radical (unpaired) electrons. The number of hydrogen-bond acceptors (Lipinski definition) is 5. The Morgan fingerprint density at radius 1 is 1.18 bits per heavy atom. The number of methoxy groups -OCH3 is 2. The van der Waals surface area contributed by atoms with E-state index in [1.165, 1.54) is 6.20 Å². The van der Waals surface area contributed by atoms with Crippen LogP contribution in [-0.4, -0.2) is 35.3 Å². The van der Waals surface area contributed by atoms with Crippen molar-refractivity contribution in [1.29, 1.82) is 0 Å². The molecule has 0 atom stereocenters. The van der Waals surface area contributed by atoms with Gasteiger partial charge in [-0.1, -0.05) is 0 Å². The van der Waals surface area contributed by atoms with Crippen LogP contribution in [0.4, 0.5) is 5.69 Å². The number of amides is 1. The summed E-state index contributed by atoms with van der Waals surface area (Å²) < 4.78 is 10.5. The summed E-state index contributed by atoms with van der Waals surface area (Å²) in [5, 5.41) is 9.94. The normalized spacial score (nSPS) is 10.5. The van der Waals surface area contributed by atoms with Crippen molar-refractivity contribution in [1.82, 2.24) is 15.2 Å². The van der Waals surface area contributed by atoms with Crippen LogP contribution in [0.5, 0.6) is 11.5 Å². The molecule has 3 rings (SSSR count). The fourth-order valence-electron chi connectivity index (χ4n) is 2.10. The van der Waals surface area contributed by atoms with Crippen molar-refractivity contribution in [2.45, 2.75) is 0 Å². The largest absolute Gasteiger partial charge is 0.493 e. The molecule has 7 heteroatoms. The molecule has 0 aliphatic carbocycles. The van der Waals surface area contributed by atoms with Crippen LogP contribution in [0.2, 0.25) is 0 Å². The number of ether oxygens (including phenoxy) is 2. The van der Waals surface area contributed by atoms with Gasteiger partial charge in [0.05, 0.1) is 31.6 Å². The number of benzene rings is 1. The van der Waals surface area contributed by atoms with E-state index < -0.39 is 0 Å². The van der Waals surface area contributed by atoms with Crippen LogP contribution < -0.4 is 14.8 Å². The van der Waals surface area contributed by atoms with Crippen LogP contribution in [-0.2, 0) is 0 Å². The standard InChI is InChI=1S/C15H14N4O3/c1-21-13-6-9-5-10(8-16-12(9)7-14(13)22-2)18-15(20)11-3-4-17-19-11/h3-8H,1-2H3,(H,17,19)(H,18,20). The summed E-state index contributed by atoms with van der Waals surface area (Å²) >= 11 is 0. The number of nitrogens with one attached hydrogen (secondary N) is 2. The Kier molecular flexibility index (Phi) is 3.61. The maximum absolute atomic E-state index is 12.0. The minimum absolute atomic E-state index is 0.279. The number of nitrogens with zero attached hydrogens (tertiary/aromatic N) is 2. The van der Waals surface area contributed by atoms with Crippen molar-refractivity contribution in [2.24, 2.45) is 0 Å². The van der Waals surface area contributed by atoms with Crippen molar-refractivity contribution < 1.29 is 14.3 Å². The predicted molar refractivity (Wildman–Crippen MR) is 81.4 cm³/mol. The molecule has 2 aromatic heterocycles. The minimum Gasteiger partial charge on any atom is -0.493 e. The lowest BCUT2D eigenvalue weighted by Crippen LogP contribution is -2.12. The SMILES string of the molecule is COc1cc2cc(NC(=O)c3ccn[nH]3)cnc2cc1OC. The Balaban J connectivity index is 1.94. The third-order valence-corrected chi connectivity index (χ3v) is 3.19. The Morgan fingerprint density at radius 2 is 1.95 bits per heavy atom. The highest BCUT2D eigenvalue weighted by atomic mass is 16.5. The Morgan fingerprint density at radius 3 is 2.64 bits per heavy atom. The van der Waals surface area contributed by atoms with E-state index in [0.29, 0.717) is 22.9 Å². The number of anilines is 1.